The molecule has 0 atom stereocenters. The lowest BCUT2D eigenvalue weighted by atomic mass is 10.2. The number of nitrogens with one attached hydrogen (secondary N) is 3. The van der Waals surface area contributed by atoms with Gasteiger partial charge in [-0.3, -0.25) is 10.2 Å². The van der Waals surface area contributed by atoms with E-state index in [2.05, 4.69) is 27.6 Å². The van der Waals surface area contributed by atoms with Crippen LogP contribution in [-0.2, 0) is 0 Å². The first-order chi connectivity index (χ1) is 12.2. The normalized spacial score (nSPS) is 11.0. The predicted octanol–water partition coefficient (Wildman–Crippen LogP) is 4.37. The first-order valence-corrected chi connectivity index (χ1v) is 7.89. The second kappa shape index (κ2) is 5.98. The Balaban J connectivity index is 1.71. The molecule has 0 unspecified atom stereocenters. The highest BCUT2D eigenvalue weighted by molar-refractivity contribution is 6.04. The number of rotatable bonds is 5. The number of aromatic nitrogens is 2. The summed E-state index contributed by atoms with van der Waals surface area (Å²) in [5.74, 6) is 3.11. The molecule has 0 amide bonds. The van der Waals surface area contributed by atoms with E-state index in [4.69, 9.17) is 14.2 Å². The fourth-order valence-corrected chi connectivity index (χ4v) is 3.07. The van der Waals surface area contributed by atoms with Gasteiger partial charge < -0.3 is 19.5 Å². The van der Waals surface area contributed by atoms with Crippen molar-refractivity contribution in [2.24, 2.45) is 0 Å². The molecule has 3 N–H and O–H groups in total. The standard InChI is InChI=1S/C19H19N3O3/c1-23-13-5-6-14-11(8-13)9-15-18(14)21-22-19(15)20-12-4-7-16(24-2)17(10-12)25-3/h4-10,20-22H,1-3H3. The number of fused-ring (bicyclic) bond motifs is 3. The van der Waals surface area contributed by atoms with Crippen LogP contribution in [0.2, 0.25) is 0 Å². The summed E-state index contributed by atoms with van der Waals surface area (Å²) >= 11 is 0. The molecular formula is C19H19N3O3. The third-order valence-electron chi connectivity index (χ3n) is 4.33. The first-order valence-electron chi connectivity index (χ1n) is 7.89. The minimum absolute atomic E-state index is 0.677. The van der Waals surface area contributed by atoms with Gasteiger partial charge in [-0.1, -0.05) is 0 Å². The molecule has 0 spiro atoms. The molecule has 2 aromatic carbocycles. The molecule has 128 valence electrons. The van der Waals surface area contributed by atoms with Gasteiger partial charge in [0.2, 0.25) is 0 Å². The van der Waals surface area contributed by atoms with Gasteiger partial charge >= 0.3 is 0 Å². The Hall–Kier alpha value is -3.28. The van der Waals surface area contributed by atoms with Crippen LogP contribution in [0.1, 0.15) is 0 Å². The molecule has 0 fully saturated rings. The van der Waals surface area contributed by atoms with Gasteiger partial charge in [-0.25, -0.2) is 0 Å². The van der Waals surface area contributed by atoms with Gasteiger partial charge in [0.1, 0.15) is 11.6 Å². The largest absolute Gasteiger partial charge is 0.497 e. The Labute approximate surface area is 145 Å². The minimum atomic E-state index is 0.677. The first kappa shape index (κ1) is 15.3. The molecule has 0 bridgehead atoms. The molecule has 0 saturated heterocycles. The van der Waals surface area contributed by atoms with Crippen molar-refractivity contribution in [2.45, 2.75) is 0 Å². The number of hydrogen-bond acceptors (Lipinski definition) is 4. The van der Waals surface area contributed by atoms with E-state index >= 15 is 0 Å². The highest BCUT2D eigenvalue weighted by Gasteiger charge is 2.17. The summed E-state index contributed by atoms with van der Waals surface area (Å²) in [4.78, 5) is 0. The van der Waals surface area contributed by atoms with Crippen molar-refractivity contribution in [1.82, 2.24) is 10.2 Å². The smallest absolute Gasteiger partial charge is 0.162 e. The maximum atomic E-state index is 5.36. The van der Waals surface area contributed by atoms with Crippen molar-refractivity contribution >= 4 is 22.3 Å². The van der Waals surface area contributed by atoms with Crippen molar-refractivity contribution in [2.75, 3.05) is 26.6 Å². The molecule has 1 aliphatic heterocycles. The van der Waals surface area contributed by atoms with Crippen molar-refractivity contribution < 1.29 is 14.2 Å². The fourth-order valence-electron chi connectivity index (χ4n) is 3.07. The van der Waals surface area contributed by atoms with Crippen molar-refractivity contribution in [3.63, 3.8) is 0 Å². The van der Waals surface area contributed by atoms with Gasteiger partial charge in [-0.2, -0.15) is 0 Å². The number of benzene rings is 2. The topological polar surface area (TPSA) is 71.3 Å². The lowest BCUT2D eigenvalue weighted by Crippen LogP contribution is -1.95. The number of hydrogen-bond donors (Lipinski definition) is 3. The SMILES string of the molecule is COc1ccc2c3[nH][nH]c(Nc4ccc(OC)c(OC)c4)c-3cc2c1. The second-order valence-corrected chi connectivity index (χ2v) is 5.71. The van der Waals surface area contributed by atoms with Crippen LogP contribution in [0.5, 0.6) is 17.2 Å². The van der Waals surface area contributed by atoms with Crippen LogP contribution in [0.25, 0.3) is 22.0 Å². The summed E-state index contributed by atoms with van der Waals surface area (Å²) in [5.41, 5.74) is 3.04. The molecular weight excluding hydrogens is 318 g/mol. The second-order valence-electron chi connectivity index (χ2n) is 5.71. The van der Waals surface area contributed by atoms with E-state index in [1.807, 2.05) is 30.3 Å². The van der Waals surface area contributed by atoms with Gasteiger partial charge in [0.25, 0.3) is 0 Å². The number of ether oxygens (including phenoxy) is 3. The number of H-pyrrole nitrogens is 2. The van der Waals surface area contributed by atoms with E-state index in [1.165, 1.54) is 0 Å². The number of aromatic amines is 2. The third-order valence-corrected chi connectivity index (χ3v) is 4.33. The van der Waals surface area contributed by atoms with Gasteiger partial charge in [0.05, 0.1) is 27.0 Å². The van der Waals surface area contributed by atoms with Gasteiger partial charge in [0, 0.05) is 22.7 Å². The van der Waals surface area contributed by atoms with E-state index in [0.29, 0.717) is 11.5 Å². The third kappa shape index (κ3) is 2.52. The molecule has 1 aliphatic carbocycles. The summed E-state index contributed by atoms with van der Waals surface area (Å²) in [6.45, 7) is 0. The molecule has 0 radical (unpaired) electrons. The average Bonchev–Trinajstić information content (AvgIpc) is 3.20. The lowest BCUT2D eigenvalue weighted by molar-refractivity contribution is 0.355. The van der Waals surface area contributed by atoms with Crippen LogP contribution in [0.3, 0.4) is 0 Å². The minimum Gasteiger partial charge on any atom is -0.497 e. The van der Waals surface area contributed by atoms with Crippen LogP contribution < -0.4 is 19.5 Å². The van der Waals surface area contributed by atoms with Crippen LogP contribution >= 0.6 is 0 Å². The van der Waals surface area contributed by atoms with E-state index in [0.717, 1.165) is 39.3 Å². The van der Waals surface area contributed by atoms with Crippen LogP contribution in [-0.4, -0.2) is 31.5 Å². The Morgan fingerprint density at radius 1 is 0.800 bits per heavy atom. The fraction of sp³-hybridized carbons (Fsp3) is 0.158. The Morgan fingerprint density at radius 3 is 2.40 bits per heavy atom. The number of anilines is 2. The zero-order chi connectivity index (χ0) is 17.4. The molecule has 6 nitrogen and oxygen atoms in total. The molecule has 1 heterocycles. The van der Waals surface area contributed by atoms with Crippen molar-refractivity contribution in [3.8, 4) is 28.5 Å². The van der Waals surface area contributed by atoms with Crippen molar-refractivity contribution in [1.29, 1.82) is 0 Å². The van der Waals surface area contributed by atoms with Crippen molar-refractivity contribution in [3.05, 3.63) is 42.5 Å². The van der Waals surface area contributed by atoms with E-state index < -0.39 is 0 Å². The van der Waals surface area contributed by atoms with Gasteiger partial charge in [-0.15, -0.1) is 0 Å². The van der Waals surface area contributed by atoms with Gasteiger partial charge in [-0.05, 0) is 41.8 Å². The predicted molar refractivity (Wildman–Crippen MR) is 98.7 cm³/mol. The maximum absolute atomic E-state index is 5.36. The Morgan fingerprint density at radius 2 is 1.64 bits per heavy atom. The van der Waals surface area contributed by atoms with E-state index in [9.17, 15) is 0 Å². The summed E-state index contributed by atoms with van der Waals surface area (Å²) < 4.78 is 15.9. The molecule has 2 aliphatic rings. The summed E-state index contributed by atoms with van der Waals surface area (Å²) in [7, 11) is 4.92. The molecule has 0 aromatic heterocycles. The molecule has 0 saturated carbocycles. The monoisotopic (exact) mass is 337 g/mol. The molecule has 6 heteroatoms. The summed E-state index contributed by atoms with van der Waals surface area (Å²) in [5, 5.41) is 12.1. The number of methoxy groups -OCH3 is 3. The summed E-state index contributed by atoms with van der Waals surface area (Å²) in [6, 6.07) is 13.9. The van der Waals surface area contributed by atoms with E-state index in [1.54, 1.807) is 21.3 Å². The molecule has 4 rings (SSSR count). The summed E-state index contributed by atoms with van der Waals surface area (Å²) in [6.07, 6.45) is 0. The Kier molecular flexibility index (Phi) is 3.65. The molecule has 25 heavy (non-hydrogen) atoms. The maximum Gasteiger partial charge on any atom is 0.162 e. The Bertz CT molecular complexity index is 1000. The van der Waals surface area contributed by atoms with Crippen LogP contribution in [0, 0.1) is 0 Å². The zero-order valence-corrected chi connectivity index (χ0v) is 14.3. The molecule has 2 aromatic rings. The van der Waals surface area contributed by atoms with Gasteiger partial charge in [0.15, 0.2) is 11.5 Å². The van der Waals surface area contributed by atoms with Crippen LogP contribution in [0.15, 0.2) is 42.5 Å². The highest BCUT2D eigenvalue weighted by atomic mass is 16.5. The average molecular weight is 337 g/mol. The lowest BCUT2D eigenvalue weighted by Gasteiger charge is -2.10. The van der Waals surface area contributed by atoms with E-state index in [-0.39, 0.29) is 0 Å². The highest BCUT2D eigenvalue weighted by Crippen LogP contribution is 2.40. The quantitative estimate of drug-likeness (QED) is 0.506. The zero-order valence-electron chi connectivity index (χ0n) is 14.3. The van der Waals surface area contributed by atoms with Crippen LogP contribution in [0.4, 0.5) is 11.5 Å².